The summed E-state index contributed by atoms with van der Waals surface area (Å²) in [6, 6.07) is 3.35. The highest BCUT2D eigenvalue weighted by Gasteiger charge is 2.62. The van der Waals surface area contributed by atoms with Crippen molar-refractivity contribution in [1.82, 2.24) is 30.1 Å². The third-order valence-electron chi connectivity index (χ3n) is 12.2. The van der Waals surface area contributed by atoms with Crippen LogP contribution in [0.2, 0.25) is 0 Å². The largest absolute Gasteiger partial charge is 0.449 e. The van der Waals surface area contributed by atoms with E-state index in [1.54, 1.807) is 11.0 Å². The van der Waals surface area contributed by atoms with Gasteiger partial charge in [0.05, 0.1) is 24.9 Å². The SMILES string of the molecule is C.C=CC(=O)N1CCC/C=C\[C@@H]2C[C@@]2(C(=O)NS(=O)(=O)C2CC2)NC(=O)[C@@H]2C[C@@H]3CN2C(=O)[C@H](C1)NC(=O)OCC(C)(C)CCCCc1cccc2c1CN(C2)C(=O)O3. The van der Waals surface area contributed by atoms with Gasteiger partial charge < -0.3 is 29.9 Å². The molecule has 59 heavy (non-hydrogen) atoms. The Kier molecular flexibility index (Phi) is 12.8. The Balaban J connectivity index is 0.00000585. The normalized spacial score (nSPS) is 29.5. The van der Waals surface area contributed by atoms with Crippen molar-refractivity contribution in [1.29, 1.82) is 0 Å². The summed E-state index contributed by atoms with van der Waals surface area (Å²) in [7, 11) is -3.96. The summed E-state index contributed by atoms with van der Waals surface area (Å²) in [6.45, 7) is 8.03. The number of hydrogen-bond acceptors (Lipinski definition) is 10. The van der Waals surface area contributed by atoms with Crippen LogP contribution in [0.3, 0.4) is 0 Å². The van der Waals surface area contributed by atoms with Gasteiger partial charge in [0.1, 0.15) is 23.7 Å². The number of amides is 6. The predicted molar refractivity (Wildman–Crippen MR) is 217 cm³/mol. The van der Waals surface area contributed by atoms with Gasteiger partial charge in [0.15, 0.2) is 0 Å². The number of nitrogens with one attached hydrogen (secondary N) is 3. The van der Waals surface area contributed by atoms with Crippen LogP contribution in [0, 0.1) is 11.3 Å². The van der Waals surface area contributed by atoms with Gasteiger partial charge in [-0.1, -0.05) is 64.6 Å². The molecule has 1 aromatic carbocycles. The Morgan fingerprint density at radius 3 is 2.54 bits per heavy atom. The molecule has 5 bridgehead atoms. The molecule has 0 unspecified atom stereocenters. The van der Waals surface area contributed by atoms with Crippen molar-refractivity contribution in [3.8, 4) is 0 Å². The molecule has 17 heteroatoms. The standard InChI is InChI=1S/C41H54N6O10S.CH4/c1-4-34(48)45-18-9-5-6-14-28-20-41(28,37(51)44-58(54,55)30-15-16-30)43-35(49)33-19-29-22-47(33)36(50)32(24-45)42-38(52)56-25-40(2,3)17-8-7-11-26-12-10-13-27-21-46(23-31(26)27)39(53)57-29;/h4,6,10,12-14,28-30,32-33H,1,5,7-9,11,15-25H2,2-3H3,(H,42,52)(H,43,49)(H,44,51);1H4/b14-6-;/t28-,29-,32+,33+,41-;/m1./s1. The molecule has 2 saturated carbocycles. The molecule has 3 fully saturated rings. The summed E-state index contributed by atoms with van der Waals surface area (Å²) < 4.78 is 39.7. The Morgan fingerprint density at radius 1 is 1.03 bits per heavy atom. The lowest BCUT2D eigenvalue weighted by atomic mass is 9.87. The number of nitrogens with zero attached hydrogens (tertiary/aromatic N) is 3. The first-order valence-corrected chi connectivity index (χ1v) is 21.9. The molecule has 1 saturated heterocycles. The van der Waals surface area contributed by atoms with E-state index in [2.05, 4.69) is 28.0 Å². The van der Waals surface area contributed by atoms with Crippen molar-refractivity contribution < 1.29 is 46.7 Å². The average molecular weight is 839 g/mol. The molecule has 5 atom stereocenters. The van der Waals surface area contributed by atoms with Crippen molar-refractivity contribution in [2.45, 2.75) is 128 Å². The molecule has 0 radical (unpaired) electrons. The molecule has 6 aliphatic rings. The molecular weight excluding hydrogens is 781 g/mol. The number of cyclic esters (lactones) is 1. The number of allylic oxidation sites excluding steroid dienone is 1. The van der Waals surface area contributed by atoms with Crippen molar-refractivity contribution in [2.75, 3.05) is 26.2 Å². The molecule has 4 heterocycles. The zero-order chi connectivity index (χ0) is 41.4. The summed E-state index contributed by atoms with van der Waals surface area (Å²) >= 11 is 0. The maximum absolute atomic E-state index is 14.8. The summed E-state index contributed by atoms with van der Waals surface area (Å²) in [5.74, 6) is -3.38. The second kappa shape index (κ2) is 17.3. The van der Waals surface area contributed by atoms with Crippen LogP contribution in [-0.2, 0) is 58.2 Å². The number of alkyl carbamates (subject to hydrolysis) is 1. The molecule has 2 aliphatic carbocycles. The van der Waals surface area contributed by atoms with Gasteiger partial charge in [0, 0.05) is 32.0 Å². The van der Waals surface area contributed by atoms with E-state index in [0.717, 1.165) is 48.4 Å². The number of fused-ring (bicyclic) bond motifs is 4. The minimum absolute atomic E-state index is 0. The van der Waals surface area contributed by atoms with Crippen LogP contribution in [0.15, 0.2) is 43.0 Å². The van der Waals surface area contributed by atoms with E-state index in [-0.39, 0.29) is 46.5 Å². The number of sulfonamides is 1. The van der Waals surface area contributed by atoms with Crippen LogP contribution >= 0.6 is 0 Å². The zero-order valence-corrected chi connectivity index (χ0v) is 34.0. The minimum Gasteiger partial charge on any atom is -0.449 e. The molecule has 6 amide bonds. The van der Waals surface area contributed by atoms with Gasteiger partial charge in [-0.25, -0.2) is 18.0 Å². The van der Waals surface area contributed by atoms with E-state index < -0.39 is 86.1 Å². The van der Waals surface area contributed by atoms with Crippen LogP contribution in [0.25, 0.3) is 0 Å². The van der Waals surface area contributed by atoms with Crippen LogP contribution in [-0.4, -0.2) is 114 Å². The lowest BCUT2D eigenvalue weighted by molar-refractivity contribution is -0.142. The lowest BCUT2D eigenvalue weighted by Gasteiger charge is -2.32. The van der Waals surface area contributed by atoms with Crippen molar-refractivity contribution in [2.24, 2.45) is 11.3 Å². The lowest BCUT2D eigenvalue weighted by Crippen LogP contribution is -2.60. The molecule has 1 aromatic rings. The number of ether oxygens (including phenoxy) is 2. The third-order valence-corrected chi connectivity index (χ3v) is 14.0. The molecule has 322 valence electrons. The van der Waals surface area contributed by atoms with E-state index in [1.165, 1.54) is 9.80 Å². The van der Waals surface area contributed by atoms with E-state index >= 15 is 0 Å². The van der Waals surface area contributed by atoms with Gasteiger partial charge in [-0.2, -0.15) is 0 Å². The van der Waals surface area contributed by atoms with Crippen molar-refractivity contribution in [3.63, 3.8) is 0 Å². The minimum atomic E-state index is -3.96. The molecule has 0 aromatic heterocycles. The summed E-state index contributed by atoms with van der Waals surface area (Å²) in [5, 5.41) is 4.79. The van der Waals surface area contributed by atoms with E-state index in [4.69, 9.17) is 9.47 Å². The fraction of sp³-hybridized carbons (Fsp3) is 0.619. The molecule has 4 aliphatic heterocycles. The number of carbonyl (C=O) groups excluding carboxylic acids is 6. The van der Waals surface area contributed by atoms with E-state index in [9.17, 15) is 37.2 Å². The first-order valence-electron chi connectivity index (χ1n) is 20.3. The van der Waals surface area contributed by atoms with E-state index in [1.807, 2.05) is 32.1 Å². The highest BCUT2D eigenvalue weighted by atomic mass is 32.2. The van der Waals surface area contributed by atoms with Gasteiger partial charge in [-0.3, -0.25) is 28.8 Å². The van der Waals surface area contributed by atoms with Crippen LogP contribution in [0.4, 0.5) is 9.59 Å². The topological polar surface area (TPSA) is 201 Å². The fourth-order valence-electron chi connectivity index (χ4n) is 8.54. The summed E-state index contributed by atoms with van der Waals surface area (Å²) in [4.78, 5) is 87.6. The predicted octanol–water partition coefficient (Wildman–Crippen LogP) is 3.44. The molecule has 0 spiro atoms. The summed E-state index contributed by atoms with van der Waals surface area (Å²) in [6.07, 6.45) is 7.27. The molecule has 3 N–H and O–H groups in total. The second-order valence-corrected chi connectivity index (χ2v) is 19.3. The Morgan fingerprint density at radius 2 is 1.80 bits per heavy atom. The Labute approximate surface area is 346 Å². The Hall–Kier alpha value is -4.93. The van der Waals surface area contributed by atoms with Gasteiger partial charge in [0.25, 0.3) is 5.91 Å². The molecule has 16 nitrogen and oxygen atoms in total. The first kappa shape index (κ1) is 43.6. The van der Waals surface area contributed by atoms with Gasteiger partial charge in [-0.15, -0.1) is 0 Å². The smallest absolute Gasteiger partial charge is 0.410 e. The average Bonchev–Trinajstić information content (AvgIpc) is 4.07. The number of carbonyl (C=O) groups is 6. The fourth-order valence-corrected chi connectivity index (χ4v) is 9.90. The highest BCUT2D eigenvalue weighted by Crippen LogP contribution is 2.46. The van der Waals surface area contributed by atoms with Crippen LogP contribution in [0.5, 0.6) is 0 Å². The number of aryl methyl sites for hydroxylation is 1. The third kappa shape index (κ3) is 9.76. The Bertz CT molecular complexity index is 2000. The van der Waals surface area contributed by atoms with Crippen molar-refractivity contribution in [3.05, 3.63) is 59.7 Å². The van der Waals surface area contributed by atoms with Crippen molar-refractivity contribution >= 4 is 45.8 Å². The maximum atomic E-state index is 14.8. The van der Waals surface area contributed by atoms with Gasteiger partial charge in [0.2, 0.25) is 27.7 Å². The monoisotopic (exact) mass is 838 g/mol. The van der Waals surface area contributed by atoms with Gasteiger partial charge >= 0.3 is 12.2 Å². The molecular formula is C42H58N6O10S. The highest BCUT2D eigenvalue weighted by molar-refractivity contribution is 7.91. The summed E-state index contributed by atoms with van der Waals surface area (Å²) in [5.41, 5.74) is 1.24. The zero-order valence-electron chi connectivity index (χ0n) is 33.2. The second-order valence-electron chi connectivity index (χ2n) is 17.3. The first-order chi connectivity index (χ1) is 27.6. The van der Waals surface area contributed by atoms with Gasteiger partial charge in [-0.05, 0) is 79.5 Å². The number of rotatable bonds is 4. The van der Waals surface area contributed by atoms with Crippen LogP contribution in [0.1, 0.15) is 95.8 Å². The van der Waals surface area contributed by atoms with Crippen LogP contribution < -0.4 is 15.4 Å². The quantitative estimate of drug-likeness (QED) is 0.298. The van der Waals surface area contributed by atoms with E-state index in [0.29, 0.717) is 38.8 Å². The molecule has 7 rings (SSSR count). The number of hydrogen-bond donors (Lipinski definition) is 3. The number of benzene rings is 1. The maximum Gasteiger partial charge on any atom is 0.410 e.